The summed E-state index contributed by atoms with van der Waals surface area (Å²) < 4.78 is 0. The molecule has 0 spiro atoms. The van der Waals surface area contributed by atoms with Crippen molar-refractivity contribution in [2.45, 2.75) is 27.2 Å². The largest absolute Gasteiger partial charge is 0.374 e. The zero-order chi connectivity index (χ0) is 7.82. The molecule has 0 saturated carbocycles. The Morgan fingerprint density at radius 1 is 1.27 bits per heavy atom. The maximum Gasteiger partial charge on any atom is 0.0213 e. The van der Waals surface area contributed by atoms with Gasteiger partial charge in [-0.1, -0.05) is 39.6 Å². The van der Waals surface area contributed by atoms with Crippen molar-refractivity contribution in [3.8, 4) is 0 Å². The zero-order valence-corrected chi connectivity index (χ0v) is 10.2. The van der Waals surface area contributed by atoms with E-state index in [1.54, 1.807) is 12.4 Å². The maximum atomic E-state index is 3.72. The minimum atomic E-state index is 0. The van der Waals surface area contributed by atoms with Crippen molar-refractivity contribution < 1.29 is 32.7 Å². The first-order valence-corrected chi connectivity index (χ1v) is 3.60. The third-order valence-corrected chi connectivity index (χ3v) is 0.984. The molecular formula is C8H13N2Y-. The average molecular weight is 226 g/mol. The number of hydrogen-bond donors (Lipinski definition) is 0. The molecule has 0 unspecified atom stereocenters. The van der Waals surface area contributed by atoms with Crippen LogP contribution in [-0.4, -0.2) is 9.97 Å². The van der Waals surface area contributed by atoms with Crippen LogP contribution in [0.5, 0.6) is 0 Å². The van der Waals surface area contributed by atoms with Gasteiger partial charge in [-0.3, -0.25) is 0 Å². The van der Waals surface area contributed by atoms with E-state index in [9.17, 15) is 0 Å². The fourth-order valence-corrected chi connectivity index (χ4v) is 0.473. The molecule has 0 atom stereocenters. The Labute approximate surface area is 93.7 Å². The van der Waals surface area contributed by atoms with E-state index >= 15 is 0 Å². The quantitative estimate of drug-likeness (QED) is 0.683. The Kier molecular flexibility index (Phi) is 12.7. The molecule has 0 amide bonds. The summed E-state index contributed by atoms with van der Waals surface area (Å²) in [5, 5.41) is 0. The summed E-state index contributed by atoms with van der Waals surface area (Å²) in [5.41, 5.74) is 1.16. The number of hydrogen-bond acceptors (Lipinski definition) is 2. The molecule has 2 nitrogen and oxygen atoms in total. The fraction of sp³-hybridized carbons (Fsp3) is 0.500. The van der Waals surface area contributed by atoms with Crippen LogP contribution in [0.4, 0.5) is 0 Å². The molecule has 1 heterocycles. The first-order chi connectivity index (χ1) is 4.93. The molecule has 11 heavy (non-hydrogen) atoms. The van der Waals surface area contributed by atoms with Crippen LogP contribution >= 0.6 is 0 Å². The molecule has 0 aliphatic carbocycles. The van der Waals surface area contributed by atoms with Gasteiger partial charge >= 0.3 is 0 Å². The van der Waals surface area contributed by atoms with Crippen LogP contribution in [0.25, 0.3) is 0 Å². The number of aromatic nitrogens is 2. The topological polar surface area (TPSA) is 25.8 Å². The van der Waals surface area contributed by atoms with Gasteiger partial charge in [0, 0.05) is 39.0 Å². The molecular weight excluding hydrogens is 213 g/mol. The van der Waals surface area contributed by atoms with E-state index in [0.29, 0.717) is 0 Å². The van der Waals surface area contributed by atoms with Crippen LogP contribution in [0.15, 0.2) is 12.4 Å². The molecule has 59 valence electrons. The van der Waals surface area contributed by atoms with Gasteiger partial charge in [-0.25, -0.2) is 0 Å². The van der Waals surface area contributed by atoms with E-state index < -0.39 is 0 Å². The monoisotopic (exact) mass is 226 g/mol. The Hall–Kier alpha value is 0.184. The summed E-state index contributed by atoms with van der Waals surface area (Å²) in [5.74, 6) is 0. The second-order valence-electron chi connectivity index (χ2n) is 1.54. The molecule has 3 heteroatoms. The van der Waals surface area contributed by atoms with Crippen LogP contribution in [0.3, 0.4) is 0 Å². The van der Waals surface area contributed by atoms with Crippen LogP contribution in [0.1, 0.15) is 26.3 Å². The van der Waals surface area contributed by atoms with Gasteiger partial charge in [0.15, 0.2) is 0 Å². The summed E-state index contributed by atoms with van der Waals surface area (Å²) in [6.45, 7) is 6.07. The summed E-state index contributed by atoms with van der Waals surface area (Å²) >= 11 is 0. The first kappa shape index (κ1) is 13.8. The SMILES string of the molecule is CC.CCc1cn[c-]nc1.[Y]. The van der Waals surface area contributed by atoms with Gasteiger partial charge in [-0.15, -0.1) is 5.56 Å². The molecule has 0 aliphatic rings. The zero-order valence-electron chi connectivity index (χ0n) is 7.33. The van der Waals surface area contributed by atoms with Crippen LogP contribution < -0.4 is 0 Å². The molecule has 1 aromatic heterocycles. The average Bonchev–Trinajstić information content (AvgIpc) is 2.10. The van der Waals surface area contributed by atoms with Crippen molar-refractivity contribution in [2.75, 3.05) is 0 Å². The summed E-state index contributed by atoms with van der Waals surface area (Å²) in [7, 11) is 0. The second kappa shape index (κ2) is 10.2. The van der Waals surface area contributed by atoms with Gasteiger partial charge in [0.25, 0.3) is 0 Å². The third kappa shape index (κ3) is 6.58. The molecule has 1 rings (SSSR count). The Morgan fingerprint density at radius 2 is 1.73 bits per heavy atom. The molecule has 0 aliphatic heterocycles. The summed E-state index contributed by atoms with van der Waals surface area (Å²) in [4.78, 5) is 7.44. The van der Waals surface area contributed by atoms with Gasteiger partial charge < -0.3 is 9.97 Å². The summed E-state index contributed by atoms with van der Waals surface area (Å²) in [6, 6.07) is 0. The number of aryl methyl sites for hydroxylation is 1. The normalized spacial score (nSPS) is 7.18. The van der Waals surface area contributed by atoms with E-state index in [1.807, 2.05) is 13.8 Å². The smallest absolute Gasteiger partial charge is 0.0213 e. The molecule has 0 fully saturated rings. The van der Waals surface area contributed by atoms with Gasteiger partial charge in [-0.05, 0) is 0 Å². The Morgan fingerprint density at radius 3 is 2.00 bits per heavy atom. The van der Waals surface area contributed by atoms with Crippen LogP contribution in [-0.2, 0) is 39.1 Å². The van der Waals surface area contributed by atoms with Gasteiger partial charge in [0.1, 0.15) is 0 Å². The minimum Gasteiger partial charge on any atom is -0.374 e. The van der Waals surface area contributed by atoms with E-state index in [0.717, 1.165) is 12.0 Å². The Balaban J connectivity index is 0. The predicted molar refractivity (Wildman–Crippen MR) is 41.6 cm³/mol. The molecule has 0 saturated heterocycles. The fourth-order valence-electron chi connectivity index (χ4n) is 0.473. The Bertz CT molecular complexity index is 153. The van der Waals surface area contributed by atoms with Gasteiger partial charge in [0.05, 0.1) is 0 Å². The standard InChI is InChI=1S/C6H7N2.C2H6.Y/c1-2-6-3-7-5-8-4-6;1-2;/h3-4H,2H2,1H3;1-2H3;/q-1;;. The molecule has 0 aromatic carbocycles. The second-order valence-corrected chi connectivity index (χ2v) is 1.54. The van der Waals surface area contributed by atoms with Crippen molar-refractivity contribution in [1.29, 1.82) is 0 Å². The van der Waals surface area contributed by atoms with Crippen molar-refractivity contribution >= 4 is 0 Å². The van der Waals surface area contributed by atoms with Crippen LogP contribution in [0, 0.1) is 6.33 Å². The minimum absolute atomic E-state index is 0. The molecule has 0 N–H and O–H groups in total. The van der Waals surface area contributed by atoms with Gasteiger partial charge in [-0.2, -0.15) is 0 Å². The number of nitrogens with zero attached hydrogens (tertiary/aromatic N) is 2. The summed E-state index contributed by atoms with van der Waals surface area (Å²) in [6.07, 6.45) is 7.00. The van der Waals surface area contributed by atoms with E-state index in [-0.39, 0.29) is 32.7 Å². The van der Waals surface area contributed by atoms with Crippen molar-refractivity contribution in [3.05, 3.63) is 24.3 Å². The molecule has 1 radical (unpaired) electrons. The number of rotatable bonds is 1. The van der Waals surface area contributed by atoms with Gasteiger partial charge in [0.2, 0.25) is 0 Å². The van der Waals surface area contributed by atoms with Crippen LogP contribution in [0.2, 0.25) is 0 Å². The molecule has 0 bridgehead atoms. The third-order valence-electron chi connectivity index (χ3n) is 0.984. The first-order valence-electron chi connectivity index (χ1n) is 3.60. The van der Waals surface area contributed by atoms with E-state index in [4.69, 9.17) is 0 Å². The predicted octanol–water partition coefficient (Wildman–Crippen LogP) is 1.86. The van der Waals surface area contributed by atoms with E-state index in [1.165, 1.54) is 0 Å². The van der Waals surface area contributed by atoms with E-state index in [2.05, 4.69) is 23.2 Å². The maximum absolute atomic E-state index is 3.72. The van der Waals surface area contributed by atoms with Crippen molar-refractivity contribution in [3.63, 3.8) is 0 Å². The van der Waals surface area contributed by atoms with Crippen molar-refractivity contribution in [1.82, 2.24) is 9.97 Å². The molecule has 1 aromatic rings. The van der Waals surface area contributed by atoms with Crippen molar-refractivity contribution in [2.24, 2.45) is 0 Å².